The second-order valence-corrected chi connectivity index (χ2v) is 5.18. The van der Waals surface area contributed by atoms with Gasteiger partial charge in [0.2, 0.25) is 0 Å². The molecule has 0 radical (unpaired) electrons. The predicted molar refractivity (Wildman–Crippen MR) is 53.4 cm³/mol. The molecule has 2 rings (SSSR count). The molecule has 0 atom stereocenters. The number of rotatable bonds is 1. The number of thiophene rings is 1. The fourth-order valence-corrected chi connectivity index (χ4v) is 3.64. The average molecular weight is 198 g/mol. The third-order valence-electron chi connectivity index (χ3n) is 1.92. The van der Waals surface area contributed by atoms with E-state index in [0.717, 1.165) is 4.88 Å². The zero-order chi connectivity index (χ0) is 8.55. The smallest absolute Gasteiger partial charge is 0.169 e. The highest BCUT2D eigenvalue weighted by molar-refractivity contribution is 7.99. The topological polar surface area (TPSA) is 17.1 Å². The van der Waals surface area contributed by atoms with Crippen molar-refractivity contribution in [1.82, 2.24) is 0 Å². The summed E-state index contributed by atoms with van der Waals surface area (Å²) < 4.78 is 0. The molecule has 0 fully saturated rings. The summed E-state index contributed by atoms with van der Waals surface area (Å²) in [6.45, 7) is 1.64. The lowest BCUT2D eigenvalue weighted by Gasteiger charge is -2.08. The number of carbonyl (C=O) groups is 1. The van der Waals surface area contributed by atoms with Gasteiger partial charge in [-0.1, -0.05) is 0 Å². The minimum Gasteiger partial charge on any atom is -0.294 e. The van der Waals surface area contributed by atoms with Crippen molar-refractivity contribution in [3.05, 3.63) is 15.8 Å². The molecule has 1 nitrogen and oxygen atoms in total. The fourth-order valence-electron chi connectivity index (χ4n) is 1.30. The van der Waals surface area contributed by atoms with Crippen LogP contribution in [0.1, 0.15) is 27.9 Å². The highest BCUT2D eigenvalue weighted by Crippen LogP contribution is 2.36. The van der Waals surface area contributed by atoms with Gasteiger partial charge in [0, 0.05) is 9.77 Å². The van der Waals surface area contributed by atoms with E-state index in [2.05, 4.69) is 0 Å². The summed E-state index contributed by atoms with van der Waals surface area (Å²) in [5, 5.41) is 0. The highest BCUT2D eigenvalue weighted by atomic mass is 32.2. The van der Waals surface area contributed by atoms with Crippen molar-refractivity contribution in [3.63, 3.8) is 0 Å². The highest BCUT2D eigenvalue weighted by Gasteiger charge is 2.15. The van der Waals surface area contributed by atoms with E-state index in [1.165, 1.54) is 28.4 Å². The molecule has 1 aromatic rings. The monoisotopic (exact) mass is 198 g/mol. The first-order valence-corrected chi connectivity index (χ1v) is 5.84. The third-order valence-corrected chi connectivity index (χ3v) is 4.52. The largest absolute Gasteiger partial charge is 0.294 e. The lowest BCUT2D eigenvalue weighted by atomic mass is 10.2. The van der Waals surface area contributed by atoms with Gasteiger partial charge in [0.15, 0.2) is 5.78 Å². The van der Waals surface area contributed by atoms with Gasteiger partial charge < -0.3 is 0 Å². The molecule has 0 aliphatic carbocycles. The Morgan fingerprint density at radius 1 is 1.58 bits per heavy atom. The van der Waals surface area contributed by atoms with Gasteiger partial charge in [0.25, 0.3) is 0 Å². The van der Waals surface area contributed by atoms with E-state index in [-0.39, 0.29) is 5.78 Å². The zero-order valence-electron chi connectivity index (χ0n) is 6.92. The molecule has 64 valence electrons. The first kappa shape index (κ1) is 8.32. The van der Waals surface area contributed by atoms with Crippen LogP contribution >= 0.6 is 23.1 Å². The van der Waals surface area contributed by atoms with Crippen LogP contribution in [0.3, 0.4) is 0 Å². The molecular weight excluding hydrogens is 188 g/mol. The van der Waals surface area contributed by atoms with Crippen LogP contribution in [-0.4, -0.2) is 11.5 Å². The Bertz CT molecular complexity index is 291. The van der Waals surface area contributed by atoms with Crippen LogP contribution in [0.25, 0.3) is 0 Å². The number of hydrogen-bond donors (Lipinski definition) is 0. The predicted octanol–water partition coefficient (Wildman–Crippen LogP) is 2.99. The van der Waals surface area contributed by atoms with E-state index in [9.17, 15) is 4.79 Å². The Kier molecular flexibility index (Phi) is 2.24. The molecule has 1 aliphatic rings. The molecule has 0 saturated carbocycles. The minimum absolute atomic E-state index is 0.204. The Labute approximate surface area is 80.2 Å². The summed E-state index contributed by atoms with van der Waals surface area (Å²) in [4.78, 5) is 14.7. The molecule has 2 heterocycles. The SMILES string of the molecule is CC(=O)c1cc2c(s1)CCCS2. The van der Waals surface area contributed by atoms with Crippen molar-refractivity contribution >= 4 is 28.9 Å². The fraction of sp³-hybridized carbons (Fsp3) is 0.444. The molecule has 0 bridgehead atoms. The number of Topliss-reactive ketones (excluding diaryl/α,β-unsaturated/α-hetero) is 1. The first-order chi connectivity index (χ1) is 5.77. The van der Waals surface area contributed by atoms with E-state index in [4.69, 9.17) is 0 Å². The molecule has 0 amide bonds. The Morgan fingerprint density at radius 3 is 3.08 bits per heavy atom. The number of hydrogen-bond acceptors (Lipinski definition) is 3. The molecule has 1 aromatic heterocycles. The molecule has 0 N–H and O–H groups in total. The van der Waals surface area contributed by atoms with Crippen molar-refractivity contribution < 1.29 is 4.79 Å². The zero-order valence-corrected chi connectivity index (χ0v) is 8.56. The van der Waals surface area contributed by atoms with Gasteiger partial charge in [-0.2, -0.15) is 0 Å². The second kappa shape index (κ2) is 3.23. The average Bonchev–Trinajstić information content (AvgIpc) is 2.46. The Hall–Kier alpha value is -0.280. The number of aryl methyl sites for hydroxylation is 1. The summed E-state index contributed by atoms with van der Waals surface area (Å²) >= 11 is 3.56. The van der Waals surface area contributed by atoms with Crippen LogP contribution in [0, 0.1) is 0 Å². The summed E-state index contributed by atoms with van der Waals surface area (Å²) in [5.41, 5.74) is 0. The maximum absolute atomic E-state index is 11.1. The van der Waals surface area contributed by atoms with Gasteiger partial charge in [-0.15, -0.1) is 23.1 Å². The van der Waals surface area contributed by atoms with Crippen LogP contribution in [-0.2, 0) is 6.42 Å². The second-order valence-electron chi connectivity index (χ2n) is 2.91. The maximum atomic E-state index is 11.1. The number of ketones is 1. The van der Waals surface area contributed by atoms with E-state index in [1.807, 2.05) is 17.8 Å². The van der Waals surface area contributed by atoms with E-state index < -0.39 is 0 Å². The van der Waals surface area contributed by atoms with E-state index in [0.29, 0.717) is 0 Å². The van der Waals surface area contributed by atoms with Gasteiger partial charge in [0.1, 0.15) is 0 Å². The van der Waals surface area contributed by atoms with Gasteiger partial charge in [-0.05, 0) is 31.6 Å². The quantitative estimate of drug-likeness (QED) is 0.645. The number of thioether (sulfide) groups is 1. The van der Waals surface area contributed by atoms with E-state index in [1.54, 1.807) is 18.3 Å². The normalized spacial score (nSPS) is 15.8. The Balaban J connectivity index is 2.38. The molecule has 0 saturated heterocycles. The maximum Gasteiger partial charge on any atom is 0.169 e. The van der Waals surface area contributed by atoms with Crippen molar-refractivity contribution in [2.45, 2.75) is 24.7 Å². The molecule has 0 spiro atoms. The van der Waals surface area contributed by atoms with Crippen molar-refractivity contribution in [2.24, 2.45) is 0 Å². The number of carbonyl (C=O) groups excluding carboxylic acids is 1. The van der Waals surface area contributed by atoms with Crippen molar-refractivity contribution in [2.75, 3.05) is 5.75 Å². The van der Waals surface area contributed by atoms with Crippen LogP contribution in [0.2, 0.25) is 0 Å². The van der Waals surface area contributed by atoms with Gasteiger partial charge >= 0.3 is 0 Å². The molecule has 0 unspecified atom stereocenters. The summed E-state index contributed by atoms with van der Waals surface area (Å²) in [5.74, 6) is 1.41. The molecule has 12 heavy (non-hydrogen) atoms. The lowest BCUT2D eigenvalue weighted by Crippen LogP contribution is -1.92. The van der Waals surface area contributed by atoms with Gasteiger partial charge in [0.05, 0.1) is 4.88 Å². The number of fused-ring (bicyclic) bond motifs is 1. The molecule has 0 aromatic carbocycles. The Morgan fingerprint density at radius 2 is 2.42 bits per heavy atom. The first-order valence-electron chi connectivity index (χ1n) is 4.04. The van der Waals surface area contributed by atoms with Crippen LogP contribution in [0.15, 0.2) is 11.0 Å². The lowest BCUT2D eigenvalue weighted by molar-refractivity contribution is 0.102. The summed E-state index contributed by atoms with van der Waals surface area (Å²) in [7, 11) is 0. The molecular formula is C9H10OS2. The van der Waals surface area contributed by atoms with Crippen LogP contribution in [0.4, 0.5) is 0 Å². The summed E-state index contributed by atoms with van der Waals surface area (Å²) in [6, 6.07) is 2.05. The minimum atomic E-state index is 0.204. The van der Waals surface area contributed by atoms with Crippen molar-refractivity contribution in [1.29, 1.82) is 0 Å². The summed E-state index contributed by atoms with van der Waals surface area (Å²) in [6.07, 6.45) is 2.43. The van der Waals surface area contributed by atoms with Gasteiger partial charge in [-0.3, -0.25) is 4.79 Å². The van der Waals surface area contributed by atoms with Gasteiger partial charge in [-0.25, -0.2) is 0 Å². The van der Waals surface area contributed by atoms with Crippen LogP contribution in [0.5, 0.6) is 0 Å². The molecule has 1 aliphatic heterocycles. The van der Waals surface area contributed by atoms with Crippen LogP contribution < -0.4 is 0 Å². The van der Waals surface area contributed by atoms with Crippen molar-refractivity contribution in [3.8, 4) is 0 Å². The third kappa shape index (κ3) is 1.43. The standard InChI is InChI=1S/C9H10OS2/c1-6(10)8-5-9-7(12-8)3-2-4-11-9/h5H,2-4H2,1H3. The van der Waals surface area contributed by atoms with E-state index >= 15 is 0 Å². The molecule has 3 heteroatoms.